The Bertz CT molecular complexity index is 934. The number of rotatable bonds is 6. The summed E-state index contributed by atoms with van der Waals surface area (Å²) in [7, 11) is 0. The minimum Gasteiger partial charge on any atom is -0.449 e. The molecule has 41 heavy (non-hydrogen) atoms. The SMILES string of the molecule is C[C@H]1[C@@H](O)[C@H](O)O[C@@H](C)[C@@H]1O[C@H]1O[C@@H]2CO[C@@](C)(C(=O)OC(=O)O)O[C@@H]2[C@H](O[C@@H]2O[C@H](CO)[C@@H](O)[C@H](O)[C@@H]2O)[C@H]1O. The van der Waals surface area contributed by atoms with Crippen molar-refractivity contribution in [2.45, 2.75) is 113 Å². The Morgan fingerprint density at radius 2 is 1.49 bits per heavy atom. The first-order valence-corrected chi connectivity index (χ1v) is 12.9. The highest BCUT2D eigenvalue weighted by atomic mass is 16.8. The lowest BCUT2D eigenvalue weighted by Gasteiger charge is -2.52. The van der Waals surface area contributed by atoms with Crippen LogP contribution in [0.25, 0.3) is 0 Å². The van der Waals surface area contributed by atoms with E-state index in [2.05, 4.69) is 4.74 Å². The van der Waals surface area contributed by atoms with Crippen molar-refractivity contribution in [1.82, 2.24) is 0 Å². The minimum atomic E-state index is -2.31. The van der Waals surface area contributed by atoms with E-state index in [-0.39, 0.29) is 0 Å². The zero-order chi connectivity index (χ0) is 30.4. The number of ether oxygens (including phenoxy) is 8. The van der Waals surface area contributed by atoms with Crippen molar-refractivity contribution in [3.8, 4) is 0 Å². The molecule has 4 aliphatic rings. The molecule has 8 N–H and O–H groups in total. The van der Waals surface area contributed by atoms with E-state index in [0.29, 0.717) is 0 Å². The summed E-state index contributed by atoms with van der Waals surface area (Å²) in [4.78, 5) is 23.3. The second kappa shape index (κ2) is 12.5. The summed E-state index contributed by atoms with van der Waals surface area (Å²) in [6.45, 7) is 2.98. The van der Waals surface area contributed by atoms with Gasteiger partial charge in [-0.25, -0.2) is 9.59 Å². The molecule has 0 spiro atoms. The van der Waals surface area contributed by atoms with Gasteiger partial charge in [0.05, 0.1) is 25.4 Å². The number of aliphatic hydroxyl groups is 7. The molecular formula is C23H36O18. The zero-order valence-electron chi connectivity index (χ0n) is 22.2. The van der Waals surface area contributed by atoms with Crippen LogP contribution in [0.1, 0.15) is 20.8 Å². The van der Waals surface area contributed by atoms with E-state index in [1.807, 2.05) is 0 Å². The molecule has 236 valence electrons. The molecule has 0 aromatic carbocycles. The fraction of sp³-hybridized carbons (Fsp3) is 0.913. The molecule has 0 bridgehead atoms. The van der Waals surface area contributed by atoms with Crippen LogP contribution in [-0.4, -0.2) is 158 Å². The first-order valence-electron chi connectivity index (χ1n) is 12.9. The predicted octanol–water partition coefficient (Wildman–Crippen LogP) is -4.27. The van der Waals surface area contributed by atoms with E-state index in [4.69, 9.17) is 38.3 Å². The molecule has 0 aromatic rings. The van der Waals surface area contributed by atoms with Crippen LogP contribution in [0, 0.1) is 5.92 Å². The maximum atomic E-state index is 12.4. The summed E-state index contributed by atoms with van der Waals surface area (Å²) in [6, 6.07) is 0. The molecule has 0 unspecified atom stereocenters. The third-order valence-corrected chi connectivity index (χ3v) is 7.65. The van der Waals surface area contributed by atoms with E-state index < -0.39 is 123 Å². The van der Waals surface area contributed by atoms with Gasteiger partial charge in [0.25, 0.3) is 5.79 Å². The topological polar surface area (TPSA) is 270 Å². The van der Waals surface area contributed by atoms with Gasteiger partial charge in [0.1, 0.15) is 54.9 Å². The lowest BCUT2D eigenvalue weighted by molar-refractivity contribution is -0.412. The molecule has 18 heteroatoms. The van der Waals surface area contributed by atoms with Crippen molar-refractivity contribution in [2.75, 3.05) is 13.2 Å². The first kappa shape index (κ1) is 32.3. The Morgan fingerprint density at radius 3 is 2.12 bits per heavy atom. The van der Waals surface area contributed by atoms with Crippen molar-refractivity contribution in [3.63, 3.8) is 0 Å². The second-order valence-corrected chi connectivity index (χ2v) is 10.5. The van der Waals surface area contributed by atoms with E-state index in [0.717, 1.165) is 6.92 Å². The summed E-state index contributed by atoms with van der Waals surface area (Å²) >= 11 is 0. The van der Waals surface area contributed by atoms with Crippen molar-refractivity contribution in [2.24, 2.45) is 5.92 Å². The Hall–Kier alpha value is -1.62. The summed E-state index contributed by atoms with van der Waals surface area (Å²) in [5.41, 5.74) is 0. The van der Waals surface area contributed by atoms with Gasteiger partial charge in [0, 0.05) is 12.8 Å². The van der Waals surface area contributed by atoms with Gasteiger partial charge in [-0.05, 0) is 6.92 Å². The first-order chi connectivity index (χ1) is 19.2. The van der Waals surface area contributed by atoms with Gasteiger partial charge < -0.3 is 78.7 Å². The quantitative estimate of drug-likeness (QED) is 0.106. The van der Waals surface area contributed by atoms with Crippen LogP contribution in [0.2, 0.25) is 0 Å². The van der Waals surface area contributed by atoms with Crippen molar-refractivity contribution >= 4 is 12.1 Å². The van der Waals surface area contributed by atoms with E-state index in [1.165, 1.54) is 0 Å². The standard InChI is InChI=1S/C23H36O18/c1-6-10(25)18(30)35-7(2)15(6)38-20-14(29)17(39-19-13(28)12(27)11(26)8(4-24)36-19)16-9(37-20)5-34-23(3,41-16)21(31)40-22(32)33/h6-20,24-30H,4-5H2,1-3H3,(H,32,33)/t6-,7-,8+,9+,10+,11+,12-,13-,14+,15+,16-,17+,18+,19-,20+,23+/m0/s1. The van der Waals surface area contributed by atoms with Crippen LogP contribution >= 0.6 is 0 Å². The molecule has 0 saturated carbocycles. The Morgan fingerprint density at radius 1 is 0.854 bits per heavy atom. The molecule has 4 aliphatic heterocycles. The number of hydrogen-bond donors (Lipinski definition) is 8. The minimum absolute atomic E-state index is 0.440. The lowest BCUT2D eigenvalue weighted by atomic mass is 9.90. The molecule has 4 saturated heterocycles. The van der Waals surface area contributed by atoms with Crippen LogP contribution in [-0.2, 0) is 42.7 Å². The summed E-state index contributed by atoms with van der Waals surface area (Å²) in [5, 5.41) is 80.7. The number of fused-ring (bicyclic) bond motifs is 1. The van der Waals surface area contributed by atoms with Gasteiger partial charge >= 0.3 is 12.1 Å². The fourth-order valence-corrected chi connectivity index (χ4v) is 5.24. The van der Waals surface area contributed by atoms with Crippen LogP contribution < -0.4 is 0 Å². The highest BCUT2D eigenvalue weighted by Crippen LogP contribution is 2.38. The van der Waals surface area contributed by atoms with Gasteiger partial charge in [0.2, 0.25) is 0 Å². The maximum absolute atomic E-state index is 12.4. The second-order valence-electron chi connectivity index (χ2n) is 10.5. The fourth-order valence-electron chi connectivity index (χ4n) is 5.24. The van der Waals surface area contributed by atoms with Gasteiger partial charge in [-0.3, -0.25) is 0 Å². The Labute approximate surface area is 232 Å². The molecule has 18 nitrogen and oxygen atoms in total. The third kappa shape index (κ3) is 6.36. The van der Waals surface area contributed by atoms with Gasteiger partial charge in [0.15, 0.2) is 18.9 Å². The summed E-state index contributed by atoms with van der Waals surface area (Å²) < 4.78 is 43.6. The monoisotopic (exact) mass is 600 g/mol. The van der Waals surface area contributed by atoms with Gasteiger partial charge in [-0.1, -0.05) is 6.92 Å². The number of carbonyl (C=O) groups is 2. The smallest absolute Gasteiger partial charge is 0.449 e. The van der Waals surface area contributed by atoms with E-state index >= 15 is 0 Å². The molecule has 4 heterocycles. The molecule has 0 aromatic heterocycles. The van der Waals surface area contributed by atoms with Gasteiger partial charge in [-0.15, -0.1) is 0 Å². The van der Waals surface area contributed by atoms with E-state index in [1.54, 1.807) is 13.8 Å². The van der Waals surface area contributed by atoms with Crippen LogP contribution in [0.3, 0.4) is 0 Å². The number of esters is 1. The molecule has 0 radical (unpaired) electrons. The zero-order valence-corrected chi connectivity index (χ0v) is 22.2. The van der Waals surface area contributed by atoms with Crippen molar-refractivity contribution in [3.05, 3.63) is 0 Å². The summed E-state index contributed by atoms with van der Waals surface area (Å²) in [5.74, 6) is -4.47. The highest BCUT2D eigenvalue weighted by molar-refractivity contribution is 5.86. The molecule has 16 atom stereocenters. The van der Waals surface area contributed by atoms with Gasteiger partial charge in [-0.2, -0.15) is 0 Å². The number of carboxylic acid groups (broad SMARTS) is 1. The molecular weight excluding hydrogens is 564 g/mol. The number of aliphatic hydroxyl groups excluding tert-OH is 7. The van der Waals surface area contributed by atoms with Crippen LogP contribution in [0.5, 0.6) is 0 Å². The Balaban J connectivity index is 1.61. The molecule has 0 amide bonds. The van der Waals surface area contributed by atoms with Crippen molar-refractivity contribution < 1.29 is 88.3 Å². The maximum Gasteiger partial charge on any atom is 0.513 e. The van der Waals surface area contributed by atoms with E-state index in [9.17, 15) is 45.3 Å². The normalized spacial score (nSPS) is 50.5. The van der Waals surface area contributed by atoms with Crippen LogP contribution in [0.15, 0.2) is 0 Å². The molecule has 0 aliphatic carbocycles. The number of carbonyl (C=O) groups excluding carboxylic acids is 1. The number of hydrogen-bond acceptors (Lipinski definition) is 17. The average molecular weight is 601 g/mol. The predicted molar refractivity (Wildman–Crippen MR) is 123 cm³/mol. The summed E-state index contributed by atoms with van der Waals surface area (Å²) in [6.07, 6.45) is -22.5. The highest BCUT2D eigenvalue weighted by Gasteiger charge is 2.58. The largest absolute Gasteiger partial charge is 0.513 e. The molecule has 4 fully saturated rings. The average Bonchev–Trinajstić information content (AvgIpc) is 2.91. The Kier molecular flexibility index (Phi) is 9.88. The lowest BCUT2D eigenvalue weighted by Crippen LogP contribution is -2.69. The molecule has 4 rings (SSSR count). The van der Waals surface area contributed by atoms with Crippen LogP contribution in [0.4, 0.5) is 4.79 Å². The third-order valence-electron chi connectivity index (χ3n) is 7.65. The van der Waals surface area contributed by atoms with Crippen molar-refractivity contribution in [1.29, 1.82) is 0 Å².